The Morgan fingerprint density at radius 2 is 0.691 bits per heavy atom. The Bertz CT molecular complexity index is 760. The molecule has 0 heterocycles. The number of carbonyl (C=O) groups is 2. The smallest absolute Gasteiger partial charge is 0.308 e. The summed E-state index contributed by atoms with van der Waals surface area (Å²) in [6.07, 6.45) is 44.1. The van der Waals surface area contributed by atoms with Crippen LogP contribution in [-0.4, -0.2) is 74.6 Å². The minimum atomic E-state index is 0.0591. The molecule has 0 unspecified atom stereocenters. The molecule has 7 heteroatoms. The molecule has 0 bridgehead atoms. The summed E-state index contributed by atoms with van der Waals surface area (Å²) >= 11 is 0. The molecular weight excluding hydrogens is 687 g/mol. The molecule has 2 rings (SSSR count). The topological polar surface area (TPSA) is 85.3 Å². The zero-order chi connectivity index (χ0) is 39.1. The van der Waals surface area contributed by atoms with E-state index in [2.05, 4.69) is 4.90 Å². The van der Waals surface area contributed by atoms with Gasteiger partial charge in [0.2, 0.25) is 0 Å². The van der Waals surface area contributed by atoms with Gasteiger partial charge >= 0.3 is 11.9 Å². The largest absolute Gasteiger partial charge is 0.465 e. The van der Waals surface area contributed by atoms with Crippen molar-refractivity contribution in [2.24, 2.45) is 11.8 Å². The number of rotatable bonds is 21. The number of esters is 2. The fourth-order valence-electron chi connectivity index (χ4n) is 8.72. The summed E-state index contributed by atoms with van der Waals surface area (Å²) in [6.45, 7) is 5.21. The van der Waals surface area contributed by atoms with Gasteiger partial charge in [-0.25, -0.2) is 0 Å². The lowest BCUT2D eigenvalue weighted by molar-refractivity contribution is -0.150. The number of aliphatic hydroxyl groups excluding tert-OH is 1. The summed E-state index contributed by atoms with van der Waals surface area (Å²) in [7, 11) is 0. The highest BCUT2D eigenvalue weighted by Crippen LogP contribution is 2.24. The third-order valence-corrected chi connectivity index (χ3v) is 12.4. The number of hydrogen-bond acceptors (Lipinski definition) is 7. The first-order valence-corrected chi connectivity index (χ1v) is 24.4. The van der Waals surface area contributed by atoms with Gasteiger partial charge in [0.05, 0.1) is 44.9 Å². The van der Waals surface area contributed by atoms with Crippen LogP contribution in [0.25, 0.3) is 0 Å². The Morgan fingerprint density at radius 3 is 1.02 bits per heavy atom. The van der Waals surface area contributed by atoms with Gasteiger partial charge in [-0.3, -0.25) is 9.59 Å². The molecule has 0 aromatic rings. The molecule has 324 valence electrons. The zero-order valence-electron chi connectivity index (χ0n) is 36.2. The molecule has 2 aliphatic carbocycles. The third kappa shape index (κ3) is 30.6. The van der Waals surface area contributed by atoms with Crippen molar-refractivity contribution in [3.05, 3.63) is 0 Å². The minimum Gasteiger partial charge on any atom is -0.465 e. The molecule has 1 N–H and O–H groups in total. The van der Waals surface area contributed by atoms with Gasteiger partial charge in [0.1, 0.15) is 0 Å². The van der Waals surface area contributed by atoms with Crippen LogP contribution in [0.1, 0.15) is 231 Å². The fraction of sp³-hybridized carbons (Fsp3) is 0.958. The molecule has 2 aliphatic rings. The molecular formula is C48H91NO6. The van der Waals surface area contributed by atoms with Crippen LogP contribution in [-0.2, 0) is 23.8 Å². The second kappa shape index (κ2) is 38.3. The quantitative estimate of drug-likeness (QED) is 0.0917. The Balaban J connectivity index is 1.59. The van der Waals surface area contributed by atoms with Crippen molar-refractivity contribution in [3.63, 3.8) is 0 Å². The van der Waals surface area contributed by atoms with E-state index in [0.717, 1.165) is 122 Å². The third-order valence-electron chi connectivity index (χ3n) is 12.4. The molecule has 0 spiro atoms. The SMILES string of the molecule is O=C(OCCCCCCN(CCCCCCOC(=O)C1CCCCCCCCCCCCCC1)CCOCCO)C1CCCCCCCCCCCCCC1. The molecule has 0 aromatic carbocycles. The van der Waals surface area contributed by atoms with Gasteiger partial charge in [-0.1, -0.05) is 180 Å². The van der Waals surface area contributed by atoms with Crippen LogP contribution in [0.15, 0.2) is 0 Å². The Hall–Kier alpha value is -1.18. The van der Waals surface area contributed by atoms with E-state index in [1.165, 1.54) is 128 Å². The fourth-order valence-corrected chi connectivity index (χ4v) is 8.72. The minimum absolute atomic E-state index is 0.0591. The van der Waals surface area contributed by atoms with Gasteiger partial charge < -0.3 is 24.2 Å². The number of carbonyl (C=O) groups excluding carboxylic acids is 2. The first-order valence-electron chi connectivity index (χ1n) is 24.4. The molecule has 7 nitrogen and oxygen atoms in total. The highest BCUT2D eigenvalue weighted by molar-refractivity contribution is 5.72. The highest BCUT2D eigenvalue weighted by Gasteiger charge is 2.20. The van der Waals surface area contributed by atoms with Gasteiger partial charge in [-0.05, 0) is 64.5 Å². The molecule has 0 amide bonds. The van der Waals surface area contributed by atoms with E-state index in [4.69, 9.17) is 19.3 Å². The second-order valence-electron chi connectivity index (χ2n) is 17.4. The Labute approximate surface area is 340 Å². The molecule has 0 saturated heterocycles. The van der Waals surface area contributed by atoms with E-state index in [9.17, 15) is 9.59 Å². The predicted octanol–water partition coefficient (Wildman–Crippen LogP) is 12.7. The van der Waals surface area contributed by atoms with E-state index in [-0.39, 0.29) is 30.4 Å². The normalized spacial score (nSPS) is 19.5. The number of aliphatic hydroxyl groups is 1. The number of ether oxygens (including phenoxy) is 3. The lowest BCUT2D eigenvalue weighted by Crippen LogP contribution is -2.30. The number of hydrogen-bond donors (Lipinski definition) is 1. The maximum absolute atomic E-state index is 13.0. The average molecular weight is 778 g/mol. The van der Waals surface area contributed by atoms with Crippen LogP contribution in [0.3, 0.4) is 0 Å². The molecule has 2 fully saturated rings. The van der Waals surface area contributed by atoms with Crippen molar-refractivity contribution in [3.8, 4) is 0 Å². The van der Waals surface area contributed by atoms with Crippen molar-refractivity contribution in [1.29, 1.82) is 0 Å². The van der Waals surface area contributed by atoms with Crippen LogP contribution < -0.4 is 0 Å². The summed E-state index contributed by atoms with van der Waals surface area (Å²) in [5.74, 6) is 0.314. The lowest BCUT2D eigenvalue weighted by Gasteiger charge is -2.22. The van der Waals surface area contributed by atoms with Crippen molar-refractivity contribution in [2.45, 2.75) is 231 Å². The standard InChI is InChI=1S/C48H91NO6/c50-40-44-53-43-39-49(37-29-21-23-31-41-54-47(51)45-33-25-17-13-9-5-1-2-6-10-14-18-26-34-45)38-30-22-24-32-42-55-48(52)46-35-27-19-15-11-7-3-4-8-12-16-20-28-36-46/h45-46,50H,1-44H2. The summed E-state index contributed by atoms with van der Waals surface area (Å²) in [4.78, 5) is 28.5. The Morgan fingerprint density at radius 1 is 0.382 bits per heavy atom. The van der Waals surface area contributed by atoms with Gasteiger partial charge in [-0.15, -0.1) is 0 Å². The summed E-state index contributed by atoms with van der Waals surface area (Å²) in [5, 5.41) is 9.12. The summed E-state index contributed by atoms with van der Waals surface area (Å²) < 4.78 is 17.3. The first-order chi connectivity index (χ1) is 27.2. The average Bonchev–Trinajstić information content (AvgIpc) is 3.21. The molecule has 0 aliphatic heterocycles. The van der Waals surface area contributed by atoms with E-state index in [1.54, 1.807) is 0 Å². The lowest BCUT2D eigenvalue weighted by atomic mass is 9.94. The van der Waals surface area contributed by atoms with Crippen LogP contribution in [0.5, 0.6) is 0 Å². The number of unbranched alkanes of at least 4 members (excludes halogenated alkanes) is 6. The molecule has 0 radical (unpaired) electrons. The maximum Gasteiger partial charge on any atom is 0.308 e. The van der Waals surface area contributed by atoms with Crippen LogP contribution in [0.2, 0.25) is 0 Å². The van der Waals surface area contributed by atoms with E-state index in [0.29, 0.717) is 26.4 Å². The van der Waals surface area contributed by atoms with E-state index < -0.39 is 0 Å². The second-order valence-corrected chi connectivity index (χ2v) is 17.4. The highest BCUT2D eigenvalue weighted by atomic mass is 16.5. The monoisotopic (exact) mass is 778 g/mol. The van der Waals surface area contributed by atoms with Gasteiger partial charge in [0, 0.05) is 6.54 Å². The van der Waals surface area contributed by atoms with Gasteiger partial charge in [0.25, 0.3) is 0 Å². The summed E-state index contributed by atoms with van der Waals surface area (Å²) in [6, 6.07) is 0. The van der Waals surface area contributed by atoms with Crippen molar-refractivity contribution in [2.75, 3.05) is 52.7 Å². The first kappa shape index (κ1) is 50.0. The molecule has 0 atom stereocenters. The zero-order valence-corrected chi connectivity index (χ0v) is 36.2. The molecule has 0 aromatic heterocycles. The van der Waals surface area contributed by atoms with Crippen molar-refractivity contribution in [1.82, 2.24) is 4.90 Å². The molecule has 55 heavy (non-hydrogen) atoms. The van der Waals surface area contributed by atoms with Crippen LogP contribution >= 0.6 is 0 Å². The van der Waals surface area contributed by atoms with Crippen LogP contribution in [0.4, 0.5) is 0 Å². The molecule has 2 saturated carbocycles. The van der Waals surface area contributed by atoms with Crippen molar-refractivity contribution < 1.29 is 28.9 Å². The van der Waals surface area contributed by atoms with Crippen LogP contribution in [0, 0.1) is 11.8 Å². The van der Waals surface area contributed by atoms with E-state index >= 15 is 0 Å². The maximum atomic E-state index is 13.0. The Kier molecular flexibility index (Phi) is 34.8. The van der Waals surface area contributed by atoms with Gasteiger partial charge in [0.15, 0.2) is 0 Å². The summed E-state index contributed by atoms with van der Waals surface area (Å²) in [5.41, 5.74) is 0. The van der Waals surface area contributed by atoms with Crippen molar-refractivity contribution >= 4 is 11.9 Å². The van der Waals surface area contributed by atoms with Gasteiger partial charge in [-0.2, -0.15) is 0 Å². The number of nitrogens with zero attached hydrogens (tertiary/aromatic N) is 1. The predicted molar refractivity (Wildman–Crippen MR) is 229 cm³/mol. The van der Waals surface area contributed by atoms with E-state index in [1.807, 2.05) is 0 Å².